The predicted octanol–water partition coefficient (Wildman–Crippen LogP) is 4.45. The third-order valence-corrected chi connectivity index (χ3v) is 4.99. The highest BCUT2D eigenvalue weighted by atomic mass is 35.5. The van der Waals surface area contributed by atoms with Crippen molar-refractivity contribution in [3.63, 3.8) is 0 Å². The van der Waals surface area contributed by atoms with Crippen LogP contribution in [0.1, 0.15) is 0 Å². The Labute approximate surface area is 155 Å². The Kier molecular flexibility index (Phi) is 5.27. The molecule has 0 saturated heterocycles. The van der Waals surface area contributed by atoms with E-state index in [4.69, 9.17) is 16.3 Å². The third kappa shape index (κ3) is 4.53. The van der Waals surface area contributed by atoms with Crippen LogP contribution in [0.25, 0.3) is 10.6 Å². The monoisotopic (exact) mass is 395 g/mol. The van der Waals surface area contributed by atoms with Crippen LogP contribution in [0.15, 0.2) is 41.8 Å². The molecule has 0 saturated carbocycles. The van der Waals surface area contributed by atoms with E-state index in [0.717, 1.165) is 10.6 Å². The summed E-state index contributed by atoms with van der Waals surface area (Å²) in [5, 5.41) is 15.6. The Hall–Kier alpha value is -2.49. The SMILES string of the molecule is O=C(COc1cccc([N+](=O)[O-])c1)Nc1nc(-c2ccc(Cl)s2)cs1. The van der Waals surface area contributed by atoms with Crippen LogP contribution in [0.4, 0.5) is 10.8 Å². The molecule has 2 aromatic heterocycles. The van der Waals surface area contributed by atoms with Crippen molar-refractivity contribution in [2.24, 2.45) is 0 Å². The van der Waals surface area contributed by atoms with E-state index in [1.165, 1.54) is 40.9 Å². The molecule has 128 valence electrons. The molecule has 3 rings (SSSR count). The lowest BCUT2D eigenvalue weighted by Gasteiger charge is -2.05. The number of nitrogens with one attached hydrogen (secondary N) is 1. The Bertz CT molecular complexity index is 925. The lowest BCUT2D eigenvalue weighted by atomic mass is 10.3. The maximum absolute atomic E-state index is 11.9. The molecule has 0 aliphatic heterocycles. The molecule has 25 heavy (non-hydrogen) atoms. The van der Waals surface area contributed by atoms with Crippen molar-refractivity contribution < 1.29 is 14.5 Å². The van der Waals surface area contributed by atoms with E-state index >= 15 is 0 Å². The van der Waals surface area contributed by atoms with Crippen LogP contribution in [0.3, 0.4) is 0 Å². The summed E-state index contributed by atoms with van der Waals surface area (Å²) < 4.78 is 5.94. The number of rotatable bonds is 6. The summed E-state index contributed by atoms with van der Waals surface area (Å²) in [4.78, 5) is 27.3. The number of aromatic nitrogens is 1. The largest absolute Gasteiger partial charge is 0.484 e. The average Bonchev–Trinajstić information content (AvgIpc) is 3.22. The summed E-state index contributed by atoms with van der Waals surface area (Å²) >= 11 is 8.58. The van der Waals surface area contributed by atoms with Gasteiger partial charge >= 0.3 is 0 Å². The molecule has 0 atom stereocenters. The van der Waals surface area contributed by atoms with Crippen LogP contribution in [0.5, 0.6) is 5.75 Å². The summed E-state index contributed by atoms with van der Waals surface area (Å²) in [7, 11) is 0. The standard InChI is InChI=1S/C15H10ClN3O4S2/c16-13-5-4-12(25-13)11-8-24-15(17-11)18-14(20)7-23-10-3-1-2-9(6-10)19(21)22/h1-6,8H,7H2,(H,17,18,20). The molecule has 1 aromatic carbocycles. The van der Waals surface area contributed by atoms with Gasteiger partial charge in [-0.05, 0) is 18.2 Å². The molecule has 0 fully saturated rings. The van der Waals surface area contributed by atoms with Gasteiger partial charge in [-0.25, -0.2) is 4.98 Å². The van der Waals surface area contributed by atoms with Crippen LogP contribution in [-0.4, -0.2) is 22.4 Å². The Morgan fingerprint density at radius 2 is 2.20 bits per heavy atom. The van der Waals surface area contributed by atoms with Crippen molar-refractivity contribution in [2.75, 3.05) is 11.9 Å². The average molecular weight is 396 g/mol. The molecular formula is C15H10ClN3O4S2. The van der Waals surface area contributed by atoms with Gasteiger partial charge in [-0.1, -0.05) is 17.7 Å². The highest BCUT2D eigenvalue weighted by Gasteiger charge is 2.11. The van der Waals surface area contributed by atoms with Gasteiger partial charge in [0.2, 0.25) is 0 Å². The van der Waals surface area contributed by atoms with Crippen LogP contribution in [0, 0.1) is 10.1 Å². The second-order valence-electron chi connectivity index (χ2n) is 4.73. The van der Waals surface area contributed by atoms with Crippen molar-refractivity contribution >= 4 is 51.0 Å². The minimum absolute atomic E-state index is 0.0999. The zero-order valence-corrected chi connectivity index (χ0v) is 14.9. The summed E-state index contributed by atoms with van der Waals surface area (Å²) in [5.74, 6) is -0.158. The second kappa shape index (κ2) is 7.60. The maximum atomic E-state index is 11.9. The fourth-order valence-electron chi connectivity index (χ4n) is 1.89. The van der Waals surface area contributed by atoms with E-state index in [-0.39, 0.29) is 18.0 Å². The number of nitrogens with zero attached hydrogens (tertiary/aromatic N) is 2. The first-order chi connectivity index (χ1) is 12.0. The van der Waals surface area contributed by atoms with E-state index in [9.17, 15) is 14.9 Å². The van der Waals surface area contributed by atoms with Gasteiger partial charge in [0.15, 0.2) is 11.7 Å². The Morgan fingerprint density at radius 3 is 2.92 bits per heavy atom. The van der Waals surface area contributed by atoms with Gasteiger partial charge in [0.05, 0.1) is 25.9 Å². The zero-order valence-electron chi connectivity index (χ0n) is 12.5. The van der Waals surface area contributed by atoms with Gasteiger partial charge in [-0.2, -0.15) is 0 Å². The number of carbonyl (C=O) groups excluding carboxylic acids is 1. The zero-order chi connectivity index (χ0) is 17.8. The second-order valence-corrected chi connectivity index (χ2v) is 7.31. The summed E-state index contributed by atoms with van der Waals surface area (Å²) in [6, 6.07) is 9.29. The lowest BCUT2D eigenvalue weighted by molar-refractivity contribution is -0.384. The van der Waals surface area contributed by atoms with Crippen LogP contribution in [0.2, 0.25) is 4.34 Å². The first kappa shape index (κ1) is 17.3. The number of benzene rings is 1. The molecule has 10 heteroatoms. The minimum atomic E-state index is -0.527. The number of hydrogen-bond acceptors (Lipinski definition) is 7. The van der Waals surface area contributed by atoms with Gasteiger partial charge in [-0.15, -0.1) is 22.7 Å². The van der Waals surface area contributed by atoms with Crippen LogP contribution >= 0.6 is 34.3 Å². The molecule has 3 aromatic rings. The number of halogens is 1. The number of anilines is 1. The smallest absolute Gasteiger partial charge is 0.273 e. The van der Waals surface area contributed by atoms with E-state index in [1.807, 2.05) is 11.4 Å². The summed E-state index contributed by atoms with van der Waals surface area (Å²) in [6.07, 6.45) is 0. The van der Waals surface area contributed by atoms with E-state index in [1.54, 1.807) is 12.1 Å². The number of carbonyl (C=O) groups is 1. The summed E-state index contributed by atoms with van der Waals surface area (Å²) in [6.45, 7) is -0.277. The first-order valence-corrected chi connectivity index (χ1v) is 8.97. The highest BCUT2D eigenvalue weighted by molar-refractivity contribution is 7.20. The third-order valence-electron chi connectivity index (χ3n) is 2.97. The van der Waals surface area contributed by atoms with Gasteiger partial charge in [-0.3, -0.25) is 20.2 Å². The fourth-order valence-corrected chi connectivity index (χ4v) is 3.69. The number of nitro groups is 1. The van der Waals surface area contributed by atoms with Crippen molar-refractivity contribution in [1.29, 1.82) is 0 Å². The Balaban J connectivity index is 1.57. The number of hydrogen-bond donors (Lipinski definition) is 1. The first-order valence-electron chi connectivity index (χ1n) is 6.89. The number of amides is 1. The molecule has 0 spiro atoms. The van der Waals surface area contributed by atoms with Gasteiger partial charge in [0.1, 0.15) is 5.75 Å². The van der Waals surface area contributed by atoms with Crippen molar-refractivity contribution in [2.45, 2.75) is 0 Å². The van der Waals surface area contributed by atoms with E-state index < -0.39 is 10.8 Å². The van der Waals surface area contributed by atoms with E-state index in [0.29, 0.717) is 9.47 Å². The maximum Gasteiger partial charge on any atom is 0.273 e. The molecule has 0 aliphatic rings. The fraction of sp³-hybridized carbons (Fsp3) is 0.0667. The number of ether oxygens (including phenoxy) is 1. The molecule has 1 amide bonds. The normalized spacial score (nSPS) is 10.4. The number of nitro benzene ring substituents is 1. The number of non-ortho nitro benzene ring substituents is 1. The highest BCUT2D eigenvalue weighted by Crippen LogP contribution is 2.32. The van der Waals surface area contributed by atoms with Crippen molar-refractivity contribution in [3.05, 3.63) is 56.2 Å². The number of thiophene rings is 1. The minimum Gasteiger partial charge on any atom is -0.484 e. The van der Waals surface area contributed by atoms with Crippen LogP contribution < -0.4 is 10.1 Å². The molecule has 0 unspecified atom stereocenters. The topological polar surface area (TPSA) is 94.4 Å². The Morgan fingerprint density at radius 1 is 1.36 bits per heavy atom. The van der Waals surface area contributed by atoms with Gasteiger partial charge in [0.25, 0.3) is 11.6 Å². The quantitative estimate of drug-likeness (QED) is 0.491. The van der Waals surface area contributed by atoms with Crippen molar-refractivity contribution in [3.8, 4) is 16.3 Å². The van der Waals surface area contributed by atoms with Gasteiger partial charge in [0, 0.05) is 11.4 Å². The van der Waals surface area contributed by atoms with Crippen LogP contribution in [-0.2, 0) is 4.79 Å². The molecule has 0 radical (unpaired) electrons. The predicted molar refractivity (Wildman–Crippen MR) is 97.7 cm³/mol. The molecule has 0 aliphatic carbocycles. The number of thiazole rings is 1. The molecule has 2 heterocycles. The van der Waals surface area contributed by atoms with Gasteiger partial charge < -0.3 is 4.74 Å². The summed E-state index contributed by atoms with van der Waals surface area (Å²) in [5.41, 5.74) is 0.633. The molecule has 0 bridgehead atoms. The molecule has 7 nitrogen and oxygen atoms in total. The molecule has 1 N–H and O–H groups in total. The van der Waals surface area contributed by atoms with E-state index in [2.05, 4.69) is 10.3 Å². The van der Waals surface area contributed by atoms with Crippen molar-refractivity contribution in [1.82, 2.24) is 4.98 Å². The lowest BCUT2D eigenvalue weighted by Crippen LogP contribution is -2.20. The molecular weight excluding hydrogens is 386 g/mol.